The standard InChI is InChI=1S/C25H29N3O6S/c1-17-6-7-19(13-23(17)35(31,32)27-10-4-2-3-5-11-27)26-25(30)18-12-24(29)28(15-18)20-8-9-21-22(14-20)34-16-33-21/h6-9,13-14,18H,2-5,10-12,15-16H2,1H3,(H,26,30). The summed E-state index contributed by atoms with van der Waals surface area (Å²) in [6, 6.07) is 10.2. The maximum absolute atomic E-state index is 13.3. The molecule has 1 atom stereocenters. The van der Waals surface area contributed by atoms with E-state index >= 15 is 0 Å². The van der Waals surface area contributed by atoms with Crippen LogP contribution in [0.2, 0.25) is 0 Å². The smallest absolute Gasteiger partial charge is 0.243 e. The van der Waals surface area contributed by atoms with Gasteiger partial charge in [-0.1, -0.05) is 18.9 Å². The second-order valence-corrected chi connectivity index (χ2v) is 11.1. The van der Waals surface area contributed by atoms with Crippen LogP contribution in [0.5, 0.6) is 11.5 Å². The number of sulfonamides is 1. The van der Waals surface area contributed by atoms with Crippen LogP contribution in [0.4, 0.5) is 11.4 Å². The molecule has 0 bridgehead atoms. The number of nitrogens with one attached hydrogen (secondary N) is 1. The van der Waals surface area contributed by atoms with E-state index in [1.165, 1.54) is 6.07 Å². The summed E-state index contributed by atoms with van der Waals surface area (Å²) in [5.74, 6) is 0.168. The van der Waals surface area contributed by atoms with Crippen LogP contribution >= 0.6 is 0 Å². The number of ether oxygens (including phenoxy) is 2. The lowest BCUT2D eigenvalue weighted by Gasteiger charge is -2.22. The van der Waals surface area contributed by atoms with Crippen molar-refractivity contribution in [2.45, 2.75) is 43.9 Å². The summed E-state index contributed by atoms with van der Waals surface area (Å²) in [6.07, 6.45) is 3.84. The minimum absolute atomic E-state index is 0.0745. The maximum Gasteiger partial charge on any atom is 0.243 e. The highest BCUT2D eigenvalue weighted by molar-refractivity contribution is 7.89. The first kappa shape index (κ1) is 23.6. The van der Waals surface area contributed by atoms with Crippen molar-refractivity contribution in [2.75, 3.05) is 36.6 Å². The predicted octanol–water partition coefficient (Wildman–Crippen LogP) is 3.28. The van der Waals surface area contributed by atoms with Crippen LogP contribution in [-0.2, 0) is 19.6 Å². The molecule has 3 heterocycles. The molecular weight excluding hydrogens is 470 g/mol. The summed E-state index contributed by atoms with van der Waals surface area (Å²) >= 11 is 0. The van der Waals surface area contributed by atoms with Gasteiger partial charge in [0.1, 0.15) is 0 Å². The largest absolute Gasteiger partial charge is 0.454 e. The number of carbonyl (C=O) groups is 2. The molecule has 5 rings (SSSR count). The Labute approximate surface area is 205 Å². The van der Waals surface area contributed by atoms with Gasteiger partial charge in [-0.05, 0) is 49.6 Å². The molecule has 186 valence electrons. The molecule has 0 radical (unpaired) electrons. The van der Waals surface area contributed by atoms with E-state index in [1.807, 2.05) is 0 Å². The summed E-state index contributed by atoms with van der Waals surface area (Å²) in [5.41, 5.74) is 1.69. The fourth-order valence-electron chi connectivity index (χ4n) is 4.81. The first-order valence-corrected chi connectivity index (χ1v) is 13.4. The molecule has 9 nitrogen and oxygen atoms in total. The average molecular weight is 500 g/mol. The third-order valence-corrected chi connectivity index (χ3v) is 8.84. The number of nitrogens with zero attached hydrogens (tertiary/aromatic N) is 2. The number of anilines is 2. The number of benzene rings is 2. The van der Waals surface area contributed by atoms with Crippen molar-refractivity contribution in [3.8, 4) is 11.5 Å². The Balaban J connectivity index is 1.30. The maximum atomic E-state index is 13.3. The second kappa shape index (κ2) is 9.50. The highest BCUT2D eigenvalue weighted by Crippen LogP contribution is 2.37. The first-order chi connectivity index (χ1) is 16.8. The van der Waals surface area contributed by atoms with Gasteiger partial charge in [0.05, 0.1) is 10.8 Å². The van der Waals surface area contributed by atoms with E-state index in [0.717, 1.165) is 25.7 Å². The molecule has 0 saturated carbocycles. The van der Waals surface area contributed by atoms with E-state index < -0.39 is 15.9 Å². The Bertz CT molecular complexity index is 1250. The van der Waals surface area contributed by atoms with E-state index in [-0.39, 0.29) is 36.5 Å². The number of hydrogen-bond donors (Lipinski definition) is 1. The number of aryl methyl sites for hydroxylation is 1. The van der Waals surface area contributed by atoms with Crippen molar-refractivity contribution in [3.63, 3.8) is 0 Å². The van der Waals surface area contributed by atoms with Gasteiger partial charge in [-0.25, -0.2) is 8.42 Å². The molecular formula is C25H29N3O6S. The molecule has 2 amide bonds. The summed E-state index contributed by atoms with van der Waals surface area (Å²) in [5, 5.41) is 2.83. The van der Waals surface area contributed by atoms with Gasteiger partial charge in [0.15, 0.2) is 11.5 Å². The summed E-state index contributed by atoms with van der Waals surface area (Å²) in [7, 11) is -3.65. The Morgan fingerprint density at radius 3 is 2.51 bits per heavy atom. The lowest BCUT2D eigenvalue weighted by atomic mass is 10.1. The Kier molecular flexibility index (Phi) is 6.41. The minimum atomic E-state index is -3.65. The summed E-state index contributed by atoms with van der Waals surface area (Å²) in [4.78, 5) is 27.5. The van der Waals surface area contributed by atoms with Crippen LogP contribution in [0.15, 0.2) is 41.3 Å². The van der Waals surface area contributed by atoms with Crippen LogP contribution in [0.25, 0.3) is 0 Å². The van der Waals surface area contributed by atoms with Crippen LogP contribution in [0.1, 0.15) is 37.7 Å². The van der Waals surface area contributed by atoms with Gasteiger partial charge in [0.25, 0.3) is 0 Å². The second-order valence-electron chi connectivity index (χ2n) is 9.23. The zero-order valence-corrected chi connectivity index (χ0v) is 20.5. The van der Waals surface area contributed by atoms with Crippen molar-refractivity contribution in [1.29, 1.82) is 0 Å². The number of amides is 2. The number of fused-ring (bicyclic) bond motifs is 1. The molecule has 3 aliphatic rings. The van der Waals surface area contributed by atoms with Gasteiger partial charge in [0.2, 0.25) is 28.6 Å². The van der Waals surface area contributed by atoms with E-state index in [0.29, 0.717) is 41.5 Å². The fraction of sp³-hybridized carbons (Fsp3) is 0.440. The van der Waals surface area contributed by atoms with Crippen molar-refractivity contribution < 1.29 is 27.5 Å². The van der Waals surface area contributed by atoms with Crippen LogP contribution in [0, 0.1) is 12.8 Å². The average Bonchev–Trinajstić information content (AvgIpc) is 3.36. The molecule has 10 heteroatoms. The van der Waals surface area contributed by atoms with Gasteiger partial charge in [-0.15, -0.1) is 0 Å². The molecule has 2 saturated heterocycles. The van der Waals surface area contributed by atoms with E-state index in [1.54, 1.807) is 46.5 Å². The predicted molar refractivity (Wildman–Crippen MR) is 130 cm³/mol. The van der Waals surface area contributed by atoms with Crippen molar-refractivity contribution >= 4 is 33.2 Å². The lowest BCUT2D eigenvalue weighted by molar-refractivity contribution is -0.122. The van der Waals surface area contributed by atoms with Crippen LogP contribution in [0.3, 0.4) is 0 Å². The minimum Gasteiger partial charge on any atom is -0.454 e. The quantitative estimate of drug-likeness (QED) is 0.677. The van der Waals surface area contributed by atoms with Gasteiger partial charge < -0.3 is 19.7 Å². The van der Waals surface area contributed by atoms with E-state index in [9.17, 15) is 18.0 Å². The summed E-state index contributed by atoms with van der Waals surface area (Å²) < 4.78 is 38.9. The molecule has 3 aliphatic heterocycles. The SMILES string of the molecule is Cc1ccc(NC(=O)C2CC(=O)N(c3ccc4c(c3)OCO4)C2)cc1S(=O)(=O)N1CCCCCC1. The van der Waals surface area contributed by atoms with Crippen LogP contribution < -0.4 is 19.7 Å². The van der Waals surface area contributed by atoms with Gasteiger partial charge in [-0.3, -0.25) is 9.59 Å². The van der Waals surface area contributed by atoms with Crippen molar-refractivity contribution in [2.24, 2.45) is 5.92 Å². The molecule has 2 aromatic carbocycles. The number of carbonyl (C=O) groups excluding carboxylic acids is 2. The highest BCUT2D eigenvalue weighted by atomic mass is 32.2. The highest BCUT2D eigenvalue weighted by Gasteiger charge is 2.36. The zero-order valence-electron chi connectivity index (χ0n) is 19.7. The fourth-order valence-corrected chi connectivity index (χ4v) is 6.57. The van der Waals surface area contributed by atoms with Crippen LogP contribution in [-0.4, -0.2) is 51.0 Å². The Morgan fingerprint density at radius 1 is 1.00 bits per heavy atom. The Hall–Kier alpha value is -3.11. The molecule has 0 aromatic heterocycles. The third kappa shape index (κ3) is 4.72. The van der Waals surface area contributed by atoms with Gasteiger partial charge in [0, 0.05) is 43.5 Å². The van der Waals surface area contributed by atoms with E-state index in [2.05, 4.69) is 5.32 Å². The molecule has 1 unspecified atom stereocenters. The molecule has 0 spiro atoms. The van der Waals surface area contributed by atoms with Crippen molar-refractivity contribution in [3.05, 3.63) is 42.0 Å². The van der Waals surface area contributed by atoms with Crippen molar-refractivity contribution in [1.82, 2.24) is 4.31 Å². The van der Waals surface area contributed by atoms with Gasteiger partial charge >= 0.3 is 0 Å². The number of hydrogen-bond acceptors (Lipinski definition) is 6. The summed E-state index contributed by atoms with van der Waals surface area (Å²) in [6.45, 7) is 3.16. The molecule has 2 aromatic rings. The third-order valence-electron chi connectivity index (χ3n) is 6.80. The Morgan fingerprint density at radius 2 is 1.74 bits per heavy atom. The topological polar surface area (TPSA) is 105 Å². The molecule has 0 aliphatic carbocycles. The molecule has 1 N–H and O–H groups in total. The first-order valence-electron chi connectivity index (χ1n) is 11.9. The van der Waals surface area contributed by atoms with Gasteiger partial charge in [-0.2, -0.15) is 4.31 Å². The number of rotatable bonds is 5. The molecule has 2 fully saturated rings. The van der Waals surface area contributed by atoms with E-state index in [4.69, 9.17) is 9.47 Å². The lowest BCUT2D eigenvalue weighted by Crippen LogP contribution is -2.32. The molecule has 35 heavy (non-hydrogen) atoms. The normalized spacial score (nSPS) is 20.7. The zero-order chi connectivity index (χ0) is 24.6. The monoisotopic (exact) mass is 499 g/mol.